The number of aryl methyl sites for hydroxylation is 1. The number of nitrogens with zero attached hydrogens (tertiary/aromatic N) is 1. The van der Waals surface area contributed by atoms with Gasteiger partial charge in [-0.3, -0.25) is 4.98 Å². The molecule has 2 rings (SSSR count). The molecule has 1 aromatic heterocycles. The Morgan fingerprint density at radius 1 is 1.22 bits per heavy atom. The molecule has 0 N–H and O–H groups in total. The molecule has 4 heteroatoms. The van der Waals surface area contributed by atoms with E-state index in [2.05, 4.69) is 84.0 Å². The van der Waals surface area contributed by atoms with Gasteiger partial charge in [-0.15, -0.1) is 0 Å². The third-order valence-electron chi connectivity index (χ3n) is 2.79. The highest BCUT2D eigenvalue weighted by Crippen LogP contribution is 2.34. The zero-order valence-electron chi connectivity index (χ0n) is 9.83. The van der Waals surface area contributed by atoms with Crippen molar-refractivity contribution in [3.05, 3.63) is 62.3 Å². The van der Waals surface area contributed by atoms with Crippen LogP contribution in [-0.4, -0.2) is 4.98 Å². The number of hydrogen-bond acceptors (Lipinski definition) is 1. The standard InChI is InChI=1S/C14H12Br3N/c1-9-3-2-6-18-14(9)8-13(17)11-5-4-10(15)7-12(11)16/h2-7,13H,8H2,1H3. The summed E-state index contributed by atoms with van der Waals surface area (Å²) in [5.41, 5.74) is 3.60. The molecule has 18 heavy (non-hydrogen) atoms. The number of benzene rings is 1. The molecule has 0 aliphatic heterocycles. The summed E-state index contributed by atoms with van der Waals surface area (Å²) in [6.07, 6.45) is 2.73. The van der Waals surface area contributed by atoms with E-state index >= 15 is 0 Å². The Balaban J connectivity index is 2.22. The molecule has 1 unspecified atom stereocenters. The topological polar surface area (TPSA) is 12.9 Å². The molecule has 0 saturated carbocycles. The van der Waals surface area contributed by atoms with Gasteiger partial charge in [-0.1, -0.05) is 59.9 Å². The van der Waals surface area contributed by atoms with E-state index in [0.717, 1.165) is 21.1 Å². The van der Waals surface area contributed by atoms with Gasteiger partial charge in [-0.05, 0) is 36.2 Å². The van der Waals surface area contributed by atoms with E-state index < -0.39 is 0 Å². The second-order valence-electron chi connectivity index (χ2n) is 4.10. The SMILES string of the molecule is Cc1cccnc1CC(Br)c1ccc(Br)cc1Br. The summed E-state index contributed by atoms with van der Waals surface area (Å²) in [5, 5.41) is 0. The Morgan fingerprint density at radius 2 is 2.00 bits per heavy atom. The van der Waals surface area contributed by atoms with Crippen LogP contribution in [0.25, 0.3) is 0 Å². The van der Waals surface area contributed by atoms with Crippen molar-refractivity contribution in [3.63, 3.8) is 0 Å². The zero-order valence-corrected chi connectivity index (χ0v) is 14.6. The summed E-state index contributed by atoms with van der Waals surface area (Å²) in [7, 11) is 0. The predicted octanol–water partition coefficient (Wildman–Crippen LogP) is 5.59. The highest BCUT2D eigenvalue weighted by molar-refractivity contribution is 9.11. The normalized spacial score (nSPS) is 12.4. The van der Waals surface area contributed by atoms with Crippen LogP contribution < -0.4 is 0 Å². The lowest BCUT2D eigenvalue weighted by Gasteiger charge is -2.13. The third-order valence-corrected chi connectivity index (χ3v) is 4.79. The van der Waals surface area contributed by atoms with Crippen molar-refractivity contribution in [2.24, 2.45) is 0 Å². The molecule has 0 saturated heterocycles. The van der Waals surface area contributed by atoms with E-state index in [4.69, 9.17) is 0 Å². The van der Waals surface area contributed by atoms with E-state index in [1.165, 1.54) is 11.1 Å². The van der Waals surface area contributed by atoms with Gasteiger partial charge >= 0.3 is 0 Å². The smallest absolute Gasteiger partial charge is 0.0461 e. The number of alkyl halides is 1. The van der Waals surface area contributed by atoms with Crippen LogP contribution in [0.5, 0.6) is 0 Å². The second-order valence-corrected chi connectivity index (χ2v) is 6.98. The van der Waals surface area contributed by atoms with Crippen LogP contribution in [0, 0.1) is 6.92 Å². The lowest BCUT2D eigenvalue weighted by atomic mass is 10.1. The molecular weight excluding hydrogens is 422 g/mol. The van der Waals surface area contributed by atoms with E-state index in [9.17, 15) is 0 Å². The van der Waals surface area contributed by atoms with E-state index in [1.54, 1.807) is 0 Å². The molecular formula is C14H12Br3N. The second kappa shape index (κ2) is 6.31. The zero-order chi connectivity index (χ0) is 13.1. The van der Waals surface area contributed by atoms with Gasteiger partial charge in [-0.25, -0.2) is 0 Å². The summed E-state index contributed by atoms with van der Waals surface area (Å²) >= 11 is 10.8. The lowest BCUT2D eigenvalue weighted by Crippen LogP contribution is -2.00. The number of hydrogen-bond donors (Lipinski definition) is 0. The van der Waals surface area contributed by atoms with Crippen LogP contribution in [0.3, 0.4) is 0 Å². The van der Waals surface area contributed by atoms with Crippen LogP contribution in [0.1, 0.15) is 21.6 Å². The fourth-order valence-electron chi connectivity index (χ4n) is 1.77. The maximum atomic E-state index is 4.44. The molecule has 1 atom stereocenters. The van der Waals surface area contributed by atoms with Crippen LogP contribution in [-0.2, 0) is 6.42 Å². The number of rotatable bonds is 3. The molecule has 0 radical (unpaired) electrons. The minimum absolute atomic E-state index is 0.258. The van der Waals surface area contributed by atoms with Crippen molar-refractivity contribution < 1.29 is 0 Å². The average Bonchev–Trinajstić information content (AvgIpc) is 2.32. The first-order valence-corrected chi connectivity index (χ1v) is 8.07. The molecule has 0 spiro atoms. The molecule has 2 aromatic rings. The summed E-state index contributed by atoms with van der Waals surface area (Å²) in [6, 6.07) is 10.3. The lowest BCUT2D eigenvalue weighted by molar-refractivity contribution is 0.888. The Bertz CT molecular complexity index is 554. The molecule has 0 aliphatic rings. The van der Waals surface area contributed by atoms with E-state index in [0.29, 0.717) is 0 Å². The number of halogens is 3. The predicted molar refractivity (Wildman–Crippen MR) is 86.2 cm³/mol. The maximum Gasteiger partial charge on any atom is 0.0461 e. The van der Waals surface area contributed by atoms with Gasteiger partial charge in [0.2, 0.25) is 0 Å². The summed E-state index contributed by atoms with van der Waals surface area (Å²) < 4.78 is 2.18. The first-order chi connectivity index (χ1) is 8.58. The van der Waals surface area contributed by atoms with E-state index in [-0.39, 0.29) is 4.83 Å². The van der Waals surface area contributed by atoms with Crippen molar-refractivity contribution in [1.82, 2.24) is 4.98 Å². The Hall–Kier alpha value is -0.190. The van der Waals surface area contributed by atoms with Crippen LogP contribution >= 0.6 is 47.8 Å². The van der Waals surface area contributed by atoms with Crippen LogP contribution in [0.4, 0.5) is 0 Å². The molecule has 1 nitrogen and oxygen atoms in total. The molecule has 0 amide bonds. The number of pyridine rings is 1. The molecule has 1 heterocycles. The largest absolute Gasteiger partial charge is 0.261 e. The highest BCUT2D eigenvalue weighted by atomic mass is 79.9. The minimum atomic E-state index is 0.258. The summed E-state index contributed by atoms with van der Waals surface area (Å²) in [4.78, 5) is 4.69. The third kappa shape index (κ3) is 3.43. The average molecular weight is 434 g/mol. The molecule has 94 valence electrons. The molecule has 0 fully saturated rings. The number of aromatic nitrogens is 1. The van der Waals surface area contributed by atoms with E-state index in [1.807, 2.05) is 12.3 Å². The molecule has 1 aromatic carbocycles. The highest BCUT2D eigenvalue weighted by Gasteiger charge is 2.13. The van der Waals surface area contributed by atoms with Crippen molar-refractivity contribution in [2.45, 2.75) is 18.2 Å². The van der Waals surface area contributed by atoms with Gasteiger partial charge in [0.15, 0.2) is 0 Å². The first kappa shape index (κ1) is 14.2. The van der Waals surface area contributed by atoms with Gasteiger partial charge < -0.3 is 0 Å². The van der Waals surface area contributed by atoms with Gasteiger partial charge in [0.1, 0.15) is 0 Å². The maximum absolute atomic E-state index is 4.44. The minimum Gasteiger partial charge on any atom is -0.261 e. The fourth-order valence-corrected chi connectivity index (χ4v) is 4.10. The van der Waals surface area contributed by atoms with Crippen LogP contribution in [0.2, 0.25) is 0 Å². The van der Waals surface area contributed by atoms with Gasteiger partial charge in [0.25, 0.3) is 0 Å². The Labute approximate surface area is 132 Å². The van der Waals surface area contributed by atoms with Crippen LogP contribution in [0.15, 0.2) is 45.5 Å². The summed E-state index contributed by atoms with van der Waals surface area (Å²) in [6.45, 7) is 2.10. The van der Waals surface area contributed by atoms with Crippen molar-refractivity contribution >= 4 is 47.8 Å². The quantitative estimate of drug-likeness (QED) is 0.574. The Morgan fingerprint density at radius 3 is 2.67 bits per heavy atom. The Kier molecular flexibility index (Phi) is 4.98. The monoisotopic (exact) mass is 431 g/mol. The summed E-state index contributed by atoms with van der Waals surface area (Å²) in [5.74, 6) is 0. The van der Waals surface area contributed by atoms with Gasteiger partial charge in [0, 0.05) is 32.1 Å². The molecule has 0 bridgehead atoms. The van der Waals surface area contributed by atoms with Crippen molar-refractivity contribution in [3.8, 4) is 0 Å². The van der Waals surface area contributed by atoms with Gasteiger partial charge in [0.05, 0.1) is 0 Å². The first-order valence-electron chi connectivity index (χ1n) is 5.57. The van der Waals surface area contributed by atoms with Crippen molar-refractivity contribution in [2.75, 3.05) is 0 Å². The fraction of sp³-hybridized carbons (Fsp3) is 0.214. The molecule has 0 aliphatic carbocycles. The van der Waals surface area contributed by atoms with Crippen molar-refractivity contribution in [1.29, 1.82) is 0 Å². The van der Waals surface area contributed by atoms with Gasteiger partial charge in [-0.2, -0.15) is 0 Å².